The lowest BCUT2D eigenvalue weighted by atomic mass is 9.81. The molecular formula is C8H14O3. The third-order valence-electron chi connectivity index (χ3n) is 2.29. The maximum Gasteiger partial charge on any atom is 0.164 e. The van der Waals surface area contributed by atoms with E-state index < -0.39 is 5.60 Å². The molecule has 0 amide bonds. The van der Waals surface area contributed by atoms with Gasteiger partial charge in [-0.05, 0) is 19.3 Å². The van der Waals surface area contributed by atoms with Gasteiger partial charge in [0.1, 0.15) is 5.60 Å². The Morgan fingerprint density at radius 1 is 1.45 bits per heavy atom. The molecule has 1 rings (SSSR count). The third kappa shape index (κ3) is 1.79. The van der Waals surface area contributed by atoms with Gasteiger partial charge < -0.3 is 10.2 Å². The number of aliphatic hydroxyl groups is 2. The van der Waals surface area contributed by atoms with Gasteiger partial charge >= 0.3 is 0 Å². The quantitative estimate of drug-likeness (QED) is 0.605. The summed E-state index contributed by atoms with van der Waals surface area (Å²) in [5.41, 5.74) is -1.20. The lowest BCUT2D eigenvalue weighted by molar-refractivity contribution is -0.142. The minimum absolute atomic E-state index is 0.0993. The van der Waals surface area contributed by atoms with Gasteiger partial charge in [0.15, 0.2) is 5.78 Å². The highest BCUT2D eigenvalue weighted by molar-refractivity contribution is 5.87. The summed E-state index contributed by atoms with van der Waals surface area (Å²) >= 11 is 0. The van der Waals surface area contributed by atoms with Gasteiger partial charge in [0.25, 0.3) is 0 Å². The maximum absolute atomic E-state index is 11.1. The van der Waals surface area contributed by atoms with Crippen molar-refractivity contribution in [1.82, 2.24) is 0 Å². The summed E-state index contributed by atoms with van der Waals surface area (Å²) in [5.74, 6) is -0.0993. The summed E-state index contributed by atoms with van der Waals surface area (Å²) in [7, 11) is 0. The summed E-state index contributed by atoms with van der Waals surface area (Å²) in [6.45, 7) is -0.109. The highest BCUT2D eigenvalue weighted by atomic mass is 16.3. The molecule has 3 nitrogen and oxygen atoms in total. The van der Waals surface area contributed by atoms with E-state index in [9.17, 15) is 9.90 Å². The normalized spacial score (nSPS) is 32.4. The highest BCUT2D eigenvalue weighted by Gasteiger charge is 2.36. The zero-order valence-corrected chi connectivity index (χ0v) is 6.55. The molecule has 1 aliphatic rings. The Morgan fingerprint density at radius 2 is 2.18 bits per heavy atom. The fraction of sp³-hybridized carbons (Fsp3) is 0.875. The van der Waals surface area contributed by atoms with E-state index in [0.29, 0.717) is 12.8 Å². The van der Waals surface area contributed by atoms with E-state index in [1.54, 1.807) is 0 Å². The van der Waals surface area contributed by atoms with Crippen molar-refractivity contribution in [3.63, 3.8) is 0 Å². The zero-order valence-electron chi connectivity index (χ0n) is 6.55. The third-order valence-corrected chi connectivity index (χ3v) is 2.29. The van der Waals surface area contributed by atoms with Crippen molar-refractivity contribution < 1.29 is 15.0 Å². The van der Waals surface area contributed by atoms with Crippen LogP contribution < -0.4 is 0 Å². The average molecular weight is 158 g/mol. The van der Waals surface area contributed by atoms with Crippen LogP contribution in [0.2, 0.25) is 0 Å². The van der Waals surface area contributed by atoms with E-state index in [2.05, 4.69) is 0 Å². The Balaban J connectivity index is 2.57. The van der Waals surface area contributed by atoms with E-state index in [4.69, 9.17) is 5.11 Å². The molecule has 0 aliphatic heterocycles. The first kappa shape index (κ1) is 8.68. The molecule has 1 aliphatic carbocycles. The van der Waals surface area contributed by atoms with E-state index in [-0.39, 0.29) is 18.8 Å². The number of rotatable bonds is 2. The smallest absolute Gasteiger partial charge is 0.164 e. The standard InChI is InChI=1S/C8H14O3/c9-6-5-8(11)4-2-1-3-7(8)10/h9,11H,1-6H2. The molecule has 0 radical (unpaired) electrons. The van der Waals surface area contributed by atoms with Gasteiger partial charge in [-0.2, -0.15) is 0 Å². The molecule has 0 saturated heterocycles. The number of Topliss-reactive ketones (excluding diaryl/α,β-unsaturated/α-hetero) is 1. The minimum atomic E-state index is -1.20. The molecule has 1 saturated carbocycles. The molecule has 0 aromatic carbocycles. The van der Waals surface area contributed by atoms with E-state index in [0.717, 1.165) is 12.8 Å². The van der Waals surface area contributed by atoms with Gasteiger partial charge in [-0.25, -0.2) is 0 Å². The van der Waals surface area contributed by atoms with Crippen LogP contribution in [0.3, 0.4) is 0 Å². The lowest BCUT2D eigenvalue weighted by Crippen LogP contribution is -2.41. The molecule has 64 valence electrons. The molecule has 0 bridgehead atoms. The molecule has 1 atom stereocenters. The summed E-state index contributed by atoms with van der Waals surface area (Å²) in [6, 6.07) is 0. The van der Waals surface area contributed by atoms with Crippen molar-refractivity contribution in [3.05, 3.63) is 0 Å². The fourth-order valence-corrected chi connectivity index (χ4v) is 1.52. The Labute approximate surface area is 66.0 Å². The van der Waals surface area contributed by atoms with Crippen LogP contribution in [0.4, 0.5) is 0 Å². The molecule has 1 unspecified atom stereocenters. The first-order chi connectivity index (χ1) is 5.19. The molecule has 0 aromatic heterocycles. The Kier molecular flexibility index (Phi) is 2.62. The number of hydrogen-bond acceptors (Lipinski definition) is 3. The summed E-state index contributed by atoms with van der Waals surface area (Å²) < 4.78 is 0. The Bertz CT molecular complexity index is 151. The summed E-state index contributed by atoms with van der Waals surface area (Å²) in [4.78, 5) is 11.1. The predicted octanol–water partition coefficient (Wildman–Crippen LogP) is 0.243. The first-order valence-electron chi connectivity index (χ1n) is 4.05. The Hall–Kier alpha value is -0.410. The molecule has 11 heavy (non-hydrogen) atoms. The van der Waals surface area contributed by atoms with Crippen molar-refractivity contribution in [2.24, 2.45) is 0 Å². The van der Waals surface area contributed by atoms with Gasteiger partial charge in [-0.3, -0.25) is 4.79 Å². The molecule has 2 N–H and O–H groups in total. The van der Waals surface area contributed by atoms with Gasteiger partial charge in [-0.1, -0.05) is 0 Å². The van der Waals surface area contributed by atoms with Crippen molar-refractivity contribution >= 4 is 5.78 Å². The van der Waals surface area contributed by atoms with Crippen molar-refractivity contribution in [2.75, 3.05) is 6.61 Å². The fourth-order valence-electron chi connectivity index (χ4n) is 1.52. The first-order valence-corrected chi connectivity index (χ1v) is 4.05. The van der Waals surface area contributed by atoms with Gasteiger partial charge in [-0.15, -0.1) is 0 Å². The van der Waals surface area contributed by atoms with Gasteiger partial charge in [0, 0.05) is 19.4 Å². The van der Waals surface area contributed by atoms with Crippen molar-refractivity contribution in [3.8, 4) is 0 Å². The van der Waals surface area contributed by atoms with Crippen LogP contribution >= 0.6 is 0 Å². The Morgan fingerprint density at radius 3 is 2.73 bits per heavy atom. The molecule has 3 heteroatoms. The van der Waals surface area contributed by atoms with Crippen LogP contribution in [0.15, 0.2) is 0 Å². The number of hydrogen-bond donors (Lipinski definition) is 2. The largest absolute Gasteiger partial charge is 0.396 e. The molecular weight excluding hydrogens is 144 g/mol. The molecule has 0 heterocycles. The average Bonchev–Trinajstić information content (AvgIpc) is 1.96. The zero-order chi connectivity index (χ0) is 8.32. The molecule has 0 aromatic rings. The van der Waals surface area contributed by atoms with Crippen LogP contribution in [-0.4, -0.2) is 28.2 Å². The molecule has 1 fully saturated rings. The monoisotopic (exact) mass is 158 g/mol. The second kappa shape index (κ2) is 3.32. The summed E-state index contributed by atoms with van der Waals surface area (Å²) in [6.07, 6.45) is 2.96. The topological polar surface area (TPSA) is 57.5 Å². The minimum Gasteiger partial charge on any atom is -0.396 e. The van der Waals surface area contributed by atoms with Gasteiger partial charge in [0.05, 0.1) is 0 Å². The molecule has 0 spiro atoms. The van der Waals surface area contributed by atoms with Crippen LogP contribution in [0.25, 0.3) is 0 Å². The van der Waals surface area contributed by atoms with Crippen LogP contribution in [0, 0.1) is 0 Å². The number of carbonyl (C=O) groups is 1. The lowest BCUT2D eigenvalue weighted by Gasteiger charge is -2.29. The van der Waals surface area contributed by atoms with Crippen molar-refractivity contribution in [1.29, 1.82) is 0 Å². The van der Waals surface area contributed by atoms with E-state index >= 15 is 0 Å². The van der Waals surface area contributed by atoms with E-state index in [1.165, 1.54) is 0 Å². The predicted molar refractivity (Wildman–Crippen MR) is 40.1 cm³/mol. The van der Waals surface area contributed by atoms with Gasteiger partial charge in [0.2, 0.25) is 0 Å². The van der Waals surface area contributed by atoms with E-state index in [1.807, 2.05) is 0 Å². The maximum atomic E-state index is 11.1. The second-order valence-electron chi connectivity index (χ2n) is 3.14. The van der Waals surface area contributed by atoms with Crippen molar-refractivity contribution in [2.45, 2.75) is 37.7 Å². The summed E-state index contributed by atoms with van der Waals surface area (Å²) in [5, 5.41) is 18.2. The SMILES string of the molecule is O=C1CCCCC1(O)CCO. The van der Waals surface area contributed by atoms with Crippen LogP contribution in [-0.2, 0) is 4.79 Å². The van der Waals surface area contributed by atoms with Crippen LogP contribution in [0.1, 0.15) is 32.1 Å². The highest BCUT2D eigenvalue weighted by Crippen LogP contribution is 2.27. The number of ketones is 1. The van der Waals surface area contributed by atoms with Crippen LogP contribution in [0.5, 0.6) is 0 Å². The second-order valence-corrected chi connectivity index (χ2v) is 3.14. The number of carbonyl (C=O) groups excluding carboxylic acids is 1. The number of aliphatic hydroxyl groups excluding tert-OH is 1.